The molecule has 0 unspecified atom stereocenters. The van der Waals surface area contributed by atoms with Gasteiger partial charge in [-0.15, -0.1) is 0 Å². The van der Waals surface area contributed by atoms with E-state index >= 15 is 0 Å². The first-order valence-electron chi connectivity index (χ1n) is 6.38. The first-order valence-corrected chi connectivity index (χ1v) is 6.38. The molecule has 0 bridgehead atoms. The molecule has 0 atom stereocenters. The predicted molar refractivity (Wildman–Crippen MR) is 73.3 cm³/mol. The first-order chi connectivity index (χ1) is 8.47. The topological polar surface area (TPSA) is 54.0 Å². The zero-order valence-corrected chi connectivity index (χ0v) is 11.5. The Morgan fingerprint density at radius 3 is 2.72 bits per heavy atom. The van der Waals surface area contributed by atoms with E-state index in [1.807, 2.05) is 33.0 Å². The predicted octanol–water partition coefficient (Wildman–Crippen LogP) is 1.52. The van der Waals surface area contributed by atoms with Gasteiger partial charge in [0.1, 0.15) is 0 Å². The molecule has 4 nitrogen and oxygen atoms in total. The van der Waals surface area contributed by atoms with Crippen LogP contribution >= 0.6 is 0 Å². The molecule has 1 aromatic heterocycles. The lowest BCUT2D eigenvalue weighted by Crippen LogP contribution is -2.41. The lowest BCUT2D eigenvalue weighted by molar-refractivity contribution is -0.122. The third-order valence-electron chi connectivity index (χ3n) is 2.36. The van der Waals surface area contributed by atoms with Crippen LogP contribution in [0.5, 0.6) is 0 Å². The van der Waals surface area contributed by atoms with E-state index in [4.69, 9.17) is 0 Å². The highest BCUT2D eigenvalue weighted by Crippen LogP contribution is 1.99. The van der Waals surface area contributed by atoms with Crippen LogP contribution in [-0.2, 0) is 11.2 Å². The summed E-state index contributed by atoms with van der Waals surface area (Å²) in [6.45, 7) is 7.54. The molecule has 0 fully saturated rings. The van der Waals surface area contributed by atoms with E-state index in [1.165, 1.54) is 5.56 Å². The summed E-state index contributed by atoms with van der Waals surface area (Å²) in [6.07, 6.45) is 5.10. The van der Waals surface area contributed by atoms with Gasteiger partial charge in [0.2, 0.25) is 5.91 Å². The van der Waals surface area contributed by atoms with Crippen molar-refractivity contribution in [1.29, 1.82) is 0 Å². The van der Waals surface area contributed by atoms with Crippen molar-refractivity contribution in [2.24, 2.45) is 0 Å². The van der Waals surface area contributed by atoms with Gasteiger partial charge in [0.05, 0.1) is 0 Å². The van der Waals surface area contributed by atoms with Crippen LogP contribution in [0.2, 0.25) is 0 Å². The monoisotopic (exact) mass is 249 g/mol. The molecule has 0 saturated carbocycles. The van der Waals surface area contributed by atoms with Crippen molar-refractivity contribution >= 4 is 5.91 Å². The average Bonchev–Trinajstić information content (AvgIpc) is 2.27. The summed E-state index contributed by atoms with van der Waals surface area (Å²) in [5.41, 5.74) is 1.07. The van der Waals surface area contributed by atoms with E-state index in [0.29, 0.717) is 13.0 Å². The lowest BCUT2D eigenvalue weighted by atomic mass is 10.1. The van der Waals surface area contributed by atoms with Crippen LogP contribution in [0.25, 0.3) is 0 Å². The number of carbonyl (C=O) groups is 1. The van der Waals surface area contributed by atoms with Gasteiger partial charge in [-0.2, -0.15) is 0 Å². The van der Waals surface area contributed by atoms with Crippen molar-refractivity contribution in [2.45, 2.75) is 39.2 Å². The molecule has 0 aliphatic heterocycles. The molecule has 4 heteroatoms. The Hall–Kier alpha value is -1.42. The Morgan fingerprint density at radius 2 is 2.11 bits per heavy atom. The van der Waals surface area contributed by atoms with Crippen molar-refractivity contribution in [2.75, 3.05) is 13.1 Å². The second kappa shape index (κ2) is 7.11. The molecule has 0 aromatic carbocycles. The quantitative estimate of drug-likeness (QED) is 0.752. The van der Waals surface area contributed by atoms with E-state index in [-0.39, 0.29) is 11.4 Å². The van der Waals surface area contributed by atoms with Crippen LogP contribution in [0.15, 0.2) is 24.5 Å². The summed E-state index contributed by atoms with van der Waals surface area (Å²) in [5.74, 6) is 0.0939. The molecule has 2 N–H and O–H groups in total. The Bertz CT molecular complexity index is 357. The molecular formula is C14H23N3O. The fraction of sp³-hybridized carbons (Fsp3) is 0.571. The lowest BCUT2D eigenvalue weighted by Gasteiger charge is -2.20. The highest BCUT2D eigenvalue weighted by Gasteiger charge is 2.12. The van der Waals surface area contributed by atoms with E-state index in [9.17, 15) is 4.79 Å². The van der Waals surface area contributed by atoms with Crippen LogP contribution in [0.4, 0.5) is 0 Å². The fourth-order valence-electron chi connectivity index (χ4n) is 1.59. The second-order valence-corrected chi connectivity index (χ2v) is 5.41. The number of nitrogens with zero attached hydrogens (tertiary/aromatic N) is 1. The van der Waals surface area contributed by atoms with Crippen LogP contribution in [0.1, 0.15) is 32.8 Å². The minimum Gasteiger partial charge on any atom is -0.351 e. The Kier molecular flexibility index (Phi) is 5.78. The van der Waals surface area contributed by atoms with Gasteiger partial charge in [-0.25, -0.2) is 0 Å². The molecule has 0 spiro atoms. The molecule has 100 valence electrons. The molecule has 0 radical (unpaired) electrons. The number of hydrogen-bond donors (Lipinski definition) is 2. The number of rotatable bonds is 6. The minimum absolute atomic E-state index is 0.0939. The van der Waals surface area contributed by atoms with E-state index < -0.39 is 0 Å². The highest BCUT2D eigenvalue weighted by molar-refractivity contribution is 5.76. The minimum atomic E-state index is -0.146. The van der Waals surface area contributed by atoms with E-state index in [0.717, 1.165) is 13.0 Å². The van der Waals surface area contributed by atoms with Gasteiger partial charge in [0.25, 0.3) is 0 Å². The van der Waals surface area contributed by atoms with Crippen molar-refractivity contribution in [3.05, 3.63) is 30.1 Å². The standard InChI is InChI=1S/C14H23N3O/c1-14(2,3)17-13(18)7-10-15-9-6-12-5-4-8-16-11-12/h4-5,8,11,15H,6-7,9-10H2,1-3H3,(H,17,18). The molecular weight excluding hydrogens is 226 g/mol. The maximum absolute atomic E-state index is 11.5. The Balaban J connectivity index is 2.07. The SMILES string of the molecule is CC(C)(C)NC(=O)CCNCCc1cccnc1. The summed E-state index contributed by atoms with van der Waals surface area (Å²) >= 11 is 0. The van der Waals surface area contributed by atoms with Crippen LogP contribution in [0, 0.1) is 0 Å². The van der Waals surface area contributed by atoms with Crippen LogP contribution in [-0.4, -0.2) is 29.5 Å². The maximum Gasteiger partial charge on any atom is 0.221 e. The normalized spacial score (nSPS) is 11.3. The summed E-state index contributed by atoms with van der Waals surface area (Å²) in [6, 6.07) is 3.99. The number of amides is 1. The van der Waals surface area contributed by atoms with Gasteiger partial charge in [0.15, 0.2) is 0 Å². The molecule has 0 aliphatic rings. The van der Waals surface area contributed by atoms with E-state index in [2.05, 4.69) is 21.7 Å². The maximum atomic E-state index is 11.5. The molecule has 18 heavy (non-hydrogen) atoms. The molecule has 0 aliphatic carbocycles. The number of carbonyl (C=O) groups excluding carboxylic acids is 1. The molecule has 1 heterocycles. The molecule has 1 aromatic rings. The van der Waals surface area contributed by atoms with Gasteiger partial charge < -0.3 is 10.6 Å². The Labute approximate surface area is 109 Å². The average molecular weight is 249 g/mol. The highest BCUT2D eigenvalue weighted by atomic mass is 16.1. The number of nitrogens with one attached hydrogen (secondary N) is 2. The van der Waals surface area contributed by atoms with Gasteiger partial charge >= 0.3 is 0 Å². The summed E-state index contributed by atoms with van der Waals surface area (Å²) in [5, 5.41) is 6.20. The van der Waals surface area contributed by atoms with Crippen LogP contribution < -0.4 is 10.6 Å². The molecule has 0 saturated heterocycles. The fourth-order valence-corrected chi connectivity index (χ4v) is 1.59. The molecule has 1 rings (SSSR count). The van der Waals surface area contributed by atoms with Gasteiger partial charge in [-0.1, -0.05) is 6.07 Å². The number of pyridine rings is 1. The third-order valence-corrected chi connectivity index (χ3v) is 2.36. The third kappa shape index (κ3) is 7.01. The summed E-state index contributed by atoms with van der Waals surface area (Å²) in [4.78, 5) is 15.6. The van der Waals surface area contributed by atoms with Crippen molar-refractivity contribution in [1.82, 2.24) is 15.6 Å². The number of aromatic nitrogens is 1. The van der Waals surface area contributed by atoms with Gasteiger partial charge in [0, 0.05) is 30.9 Å². The summed E-state index contributed by atoms with van der Waals surface area (Å²) < 4.78 is 0. The van der Waals surface area contributed by atoms with E-state index in [1.54, 1.807) is 6.20 Å². The second-order valence-electron chi connectivity index (χ2n) is 5.41. The van der Waals surface area contributed by atoms with Crippen molar-refractivity contribution in [3.63, 3.8) is 0 Å². The van der Waals surface area contributed by atoms with Gasteiger partial charge in [-0.05, 0) is 45.4 Å². The smallest absolute Gasteiger partial charge is 0.221 e. The Morgan fingerprint density at radius 1 is 1.33 bits per heavy atom. The zero-order chi connectivity index (χ0) is 13.4. The summed E-state index contributed by atoms with van der Waals surface area (Å²) in [7, 11) is 0. The van der Waals surface area contributed by atoms with Crippen LogP contribution in [0.3, 0.4) is 0 Å². The zero-order valence-electron chi connectivity index (χ0n) is 11.5. The first kappa shape index (κ1) is 14.6. The van der Waals surface area contributed by atoms with Crippen molar-refractivity contribution in [3.8, 4) is 0 Å². The molecule has 1 amide bonds. The van der Waals surface area contributed by atoms with Gasteiger partial charge in [-0.3, -0.25) is 9.78 Å². The number of hydrogen-bond acceptors (Lipinski definition) is 3. The van der Waals surface area contributed by atoms with Crippen molar-refractivity contribution < 1.29 is 4.79 Å². The largest absolute Gasteiger partial charge is 0.351 e.